The average Bonchev–Trinajstić information content (AvgIpc) is 2.78. The van der Waals surface area contributed by atoms with Crippen LogP contribution in [0.25, 0.3) is 0 Å². The monoisotopic (exact) mass is 270 g/mol. The van der Waals surface area contributed by atoms with E-state index in [2.05, 4.69) is 4.98 Å². The average molecular weight is 271 g/mol. The van der Waals surface area contributed by atoms with Gasteiger partial charge in [-0.3, -0.25) is 0 Å². The van der Waals surface area contributed by atoms with Crippen LogP contribution in [0.2, 0.25) is 5.02 Å². The lowest BCUT2D eigenvalue weighted by Crippen LogP contribution is -2.21. The lowest BCUT2D eigenvalue weighted by Gasteiger charge is -2.18. The topological polar surface area (TPSA) is 73.7 Å². The van der Waals surface area contributed by atoms with E-state index >= 15 is 0 Å². The summed E-state index contributed by atoms with van der Waals surface area (Å²) < 4.78 is 0. The van der Waals surface area contributed by atoms with Gasteiger partial charge in [0.2, 0.25) is 0 Å². The summed E-state index contributed by atoms with van der Waals surface area (Å²) in [5.41, 5.74) is 0.0762. The molecule has 2 N–H and O–H groups in total. The summed E-state index contributed by atoms with van der Waals surface area (Å²) in [6.45, 7) is 1.82. The summed E-state index contributed by atoms with van der Waals surface area (Å²) in [5, 5.41) is 18.1. The lowest BCUT2D eigenvalue weighted by molar-refractivity contribution is 0.0697. The summed E-state index contributed by atoms with van der Waals surface area (Å²) in [6.07, 6.45) is 3.14. The van der Waals surface area contributed by atoms with Crippen molar-refractivity contribution in [2.24, 2.45) is 5.92 Å². The molecule has 2 rings (SSSR count). The first-order valence-electron chi connectivity index (χ1n) is 5.86. The van der Waals surface area contributed by atoms with E-state index in [0.717, 1.165) is 25.9 Å². The molecule has 1 fully saturated rings. The second kappa shape index (κ2) is 5.54. The fourth-order valence-electron chi connectivity index (χ4n) is 2.22. The highest BCUT2D eigenvalue weighted by Gasteiger charge is 2.24. The number of rotatable bonds is 4. The van der Waals surface area contributed by atoms with Gasteiger partial charge in [0.25, 0.3) is 0 Å². The maximum atomic E-state index is 11.0. The number of hydrogen-bond acceptors (Lipinski definition) is 4. The number of aliphatic hydroxyl groups excluding tert-OH is 1. The molecule has 1 unspecified atom stereocenters. The van der Waals surface area contributed by atoms with Crippen LogP contribution < -0.4 is 4.90 Å². The highest BCUT2D eigenvalue weighted by atomic mass is 35.5. The Morgan fingerprint density at radius 1 is 1.61 bits per heavy atom. The Balaban J connectivity index is 2.15. The van der Waals surface area contributed by atoms with Crippen molar-refractivity contribution in [3.05, 3.63) is 22.8 Å². The maximum Gasteiger partial charge on any atom is 0.337 e. The SMILES string of the molecule is O=C(O)c1cc(N2CCC(CCO)C2)ncc1Cl. The van der Waals surface area contributed by atoms with Crippen molar-refractivity contribution in [3.8, 4) is 0 Å². The van der Waals surface area contributed by atoms with Crippen molar-refractivity contribution >= 4 is 23.4 Å². The Kier molecular flexibility index (Phi) is 4.04. The van der Waals surface area contributed by atoms with Crippen LogP contribution in [0, 0.1) is 5.92 Å². The largest absolute Gasteiger partial charge is 0.478 e. The van der Waals surface area contributed by atoms with Crippen molar-refractivity contribution in [3.63, 3.8) is 0 Å². The predicted octanol–water partition coefficient (Wildman–Crippen LogP) is 1.64. The molecule has 1 saturated heterocycles. The van der Waals surface area contributed by atoms with E-state index in [1.807, 2.05) is 4.90 Å². The van der Waals surface area contributed by atoms with Gasteiger partial charge >= 0.3 is 5.97 Å². The minimum absolute atomic E-state index is 0.0762. The number of hydrogen-bond donors (Lipinski definition) is 2. The molecular weight excluding hydrogens is 256 g/mol. The third kappa shape index (κ3) is 2.73. The van der Waals surface area contributed by atoms with Gasteiger partial charge in [-0.2, -0.15) is 0 Å². The normalized spacial score (nSPS) is 19.2. The van der Waals surface area contributed by atoms with E-state index in [1.54, 1.807) is 0 Å². The molecule has 0 spiro atoms. The standard InChI is InChI=1S/C12H15ClN2O3/c13-10-6-14-11(5-9(10)12(17)18)15-3-1-8(7-15)2-4-16/h5-6,8,16H,1-4,7H2,(H,17,18). The highest BCUT2D eigenvalue weighted by molar-refractivity contribution is 6.33. The first-order chi connectivity index (χ1) is 8.61. The van der Waals surface area contributed by atoms with Crippen LogP contribution in [0.15, 0.2) is 12.3 Å². The van der Waals surface area contributed by atoms with Crippen LogP contribution in [0.5, 0.6) is 0 Å². The second-order valence-corrected chi connectivity index (χ2v) is 4.85. The minimum atomic E-state index is -1.05. The zero-order valence-electron chi connectivity index (χ0n) is 9.84. The van der Waals surface area contributed by atoms with Crippen LogP contribution >= 0.6 is 11.6 Å². The molecule has 0 radical (unpaired) electrons. The molecule has 1 atom stereocenters. The molecule has 0 saturated carbocycles. The quantitative estimate of drug-likeness (QED) is 0.870. The number of aromatic nitrogens is 1. The van der Waals surface area contributed by atoms with Crippen molar-refractivity contribution in [2.45, 2.75) is 12.8 Å². The summed E-state index contributed by atoms with van der Waals surface area (Å²) in [6, 6.07) is 1.51. The third-order valence-corrected chi connectivity index (χ3v) is 3.52. The maximum absolute atomic E-state index is 11.0. The van der Waals surface area contributed by atoms with Gasteiger partial charge < -0.3 is 15.1 Å². The van der Waals surface area contributed by atoms with Crippen LogP contribution in [0.3, 0.4) is 0 Å². The van der Waals surface area contributed by atoms with Crippen LogP contribution in [-0.4, -0.2) is 40.9 Å². The van der Waals surface area contributed by atoms with Gasteiger partial charge in [0.05, 0.1) is 10.6 Å². The Morgan fingerprint density at radius 2 is 2.39 bits per heavy atom. The third-order valence-electron chi connectivity index (χ3n) is 3.22. The smallest absolute Gasteiger partial charge is 0.337 e. The summed E-state index contributed by atoms with van der Waals surface area (Å²) >= 11 is 5.78. The molecule has 2 heterocycles. The first-order valence-corrected chi connectivity index (χ1v) is 6.24. The number of aromatic carboxylic acids is 1. The van der Waals surface area contributed by atoms with Gasteiger partial charge in [-0.1, -0.05) is 11.6 Å². The molecule has 6 heteroatoms. The second-order valence-electron chi connectivity index (χ2n) is 4.44. The van der Waals surface area contributed by atoms with Crippen molar-refractivity contribution < 1.29 is 15.0 Å². The molecule has 5 nitrogen and oxygen atoms in total. The van der Waals surface area contributed by atoms with Crippen LogP contribution in [-0.2, 0) is 0 Å². The molecule has 1 aromatic heterocycles. The first kappa shape index (κ1) is 13.1. The molecule has 0 aromatic carbocycles. The molecule has 1 aliphatic rings. The van der Waals surface area contributed by atoms with E-state index in [-0.39, 0.29) is 17.2 Å². The van der Waals surface area contributed by atoms with Gasteiger partial charge in [-0.15, -0.1) is 0 Å². The Morgan fingerprint density at radius 3 is 3.06 bits per heavy atom. The highest BCUT2D eigenvalue weighted by Crippen LogP contribution is 2.26. The molecule has 18 heavy (non-hydrogen) atoms. The number of carboxylic acid groups (broad SMARTS) is 1. The molecule has 0 aliphatic carbocycles. The minimum Gasteiger partial charge on any atom is -0.478 e. The Labute approximate surface area is 110 Å². The number of halogens is 1. The molecule has 1 aromatic rings. The number of carbonyl (C=O) groups is 1. The van der Waals surface area contributed by atoms with Crippen molar-refractivity contribution in [1.82, 2.24) is 4.98 Å². The molecule has 0 bridgehead atoms. The fraction of sp³-hybridized carbons (Fsp3) is 0.500. The lowest BCUT2D eigenvalue weighted by atomic mass is 10.1. The summed E-state index contributed by atoms with van der Waals surface area (Å²) in [5.74, 6) is 0.0350. The summed E-state index contributed by atoms with van der Waals surface area (Å²) in [7, 11) is 0. The molecule has 98 valence electrons. The number of anilines is 1. The van der Waals surface area contributed by atoms with E-state index in [0.29, 0.717) is 11.7 Å². The van der Waals surface area contributed by atoms with E-state index in [1.165, 1.54) is 12.3 Å². The van der Waals surface area contributed by atoms with Gasteiger partial charge in [-0.05, 0) is 24.8 Å². The van der Waals surface area contributed by atoms with Crippen LogP contribution in [0.1, 0.15) is 23.2 Å². The summed E-state index contributed by atoms with van der Waals surface area (Å²) in [4.78, 5) is 17.2. The number of aliphatic hydroxyl groups is 1. The Hall–Kier alpha value is -1.33. The number of carboxylic acids is 1. The number of pyridine rings is 1. The van der Waals surface area contributed by atoms with Crippen molar-refractivity contribution in [1.29, 1.82) is 0 Å². The molecule has 1 aliphatic heterocycles. The van der Waals surface area contributed by atoms with E-state index in [4.69, 9.17) is 21.8 Å². The zero-order chi connectivity index (χ0) is 13.1. The van der Waals surface area contributed by atoms with Crippen LogP contribution in [0.4, 0.5) is 5.82 Å². The van der Waals surface area contributed by atoms with E-state index in [9.17, 15) is 4.79 Å². The van der Waals surface area contributed by atoms with Gasteiger partial charge in [0.15, 0.2) is 0 Å². The van der Waals surface area contributed by atoms with E-state index < -0.39 is 5.97 Å². The Bertz CT molecular complexity index is 453. The zero-order valence-corrected chi connectivity index (χ0v) is 10.6. The van der Waals surface area contributed by atoms with Gasteiger partial charge in [0, 0.05) is 25.9 Å². The number of nitrogens with zero attached hydrogens (tertiary/aromatic N) is 2. The van der Waals surface area contributed by atoms with Gasteiger partial charge in [0.1, 0.15) is 5.82 Å². The fourth-order valence-corrected chi connectivity index (χ4v) is 2.41. The molecular formula is C12H15ClN2O3. The molecule has 0 amide bonds. The van der Waals surface area contributed by atoms with Crippen molar-refractivity contribution in [2.75, 3.05) is 24.6 Å². The predicted molar refractivity (Wildman–Crippen MR) is 68.2 cm³/mol. The van der Waals surface area contributed by atoms with Gasteiger partial charge in [-0.25, -0.2) is 9.78 Å².